The van der Waals surface area contributed by atoms with Crippen molar-refractivity contribution in [2.75, 3.05) is 4.90 Å². The summed E-state index contributed by atoms with van der Waals surface area (Å²) in [4.78, 5) is 12.9. The number of nitrogens with two attached hydrogens (primary N) is 2. The summed E-state index contributed by atoms with van der Waals surface area (Å²) in [6.45, 7) is 0. The molecule has 4 aromatic rings. The van der Waals surface area contributed by atoms with Crippen LogP contribution in [-0.2, 0) is 0 Å². The summed E-state index contributed by atoms with van der Waals surface area (Å²) in [6, 6.07) is 22.1. The first kappa shape index (κ1) is 27.2. The van der Waals surface area contributed by atoms with Gasteiger partial charge in [-0.2, -0.15) is 0 Å². The Kier molecular flexibility index (Phi) is 6.94. The molecule has 0 heterocycles. The Bertz CT molecular complexity index is 1850. The SMILES string of the molecule is NC(=Nc1ccc2c3c(cccc13)C=C2)N(N)C(=NC1CCCCC1)N(c1ccc2c3c(cccc13)C=C2)C1CCCCC1. The van der Waals surface area contributed by atoms with E-state index in [4.69, 9.17) is 21.6 Å². The van der Waals surface area contributed by atoms with E-state index in [0.717, 1.165) is 42.4 Å². The van der Waals surface area contributed by atoms with Crippen molar-refractivity contribution in [1.82, 2.24) is 5.01 Å². The number of nitrogens with zero attached hydrogens (tertiary/aromatic N) is 4. The Morgan fingerprint density at radius 2 is 1.20 bits per heavy atom. The Morgan fingerprint density at radius 3 is 1.89 bits per heavy atom. The van der Waals surface area contributed by atoms with Gasteiger partial charge in [0.1, 0.15) is 0 Å². The van der Waals surface area contributed by atoms with Crippen molar-refractivity contribution in [3.8, 4) is 0 Å². The fourth-order valence-corrected chi connectivity index (χ4v) is 7.82. The van der Waals surface area contributed by atoms with Crippen LogP contribution in [0.3, 0.4) is 0 Å². The number of benzene rings is 4. The van der Waals surface area contributed by atoms with Crippen LogP contribution >= 0.6 is 0 Å². The Hall–Kier alpha value is -4.42. The smallest absolute Gasteiger partial charge is 0.223 e. The quantitative estimate of drug-likeness (QED) is 0.0946. The van der Waals surface area contributed by atoms with Gasteiger partial charge in [0.15, 0.2) is 0 Å². The highest BCUT2D eigenvalue weighted by Crippen LogP contribution is 2.40. The second-order valence-corrected chi connectivity index (χ2v) is 12.8. The number of hydrogen-bond donors (Lipinski definition) is 2. The van der Waals surface area contributed by atoms with Crippen LogP contribution in [0.4, 0.5) is 11.4 Å². The van der Waals surface area contributed by atoms with Gasteiger partial charge in [-0.05, 0) is 70.8 Å². The van der Waals surface area contributed by atoms with E-state index in [2.05, 4.69) is 83.8 Å². The summed E-state index contributed by atoms with van der Waals surface area (Å²) >= 11 is 0. The van der Waals surface area contributed by atoms with Crippen molar-refractivity contribution in [3.05, 3.63) is 82.9 Å². The van der Waals surface area contributed by atoms with E-state index < -0.39 is 0 Å². The molecule has 4 N–H and O–H groups in total. The second-order valence-electron chi connectivity index (χ2n) is 12.8. The van der Waals surface area contributed by atoms with E-state index in [1.54, 1.807) is 5.01 Å². The Balaban J connectivity index is 1.27. The van der Waals surface area contributed by atoms with Crippen molar-refractivity contribution in [2.24, 2.45) is 21.6 Å². The lowest BCUT2D eigenvalue weighted by molar-refractivity contribution is 0.419. The molecule has 2 fully saturated rings. The largest absolute Gasteiger partial charge is 0.368 e. The zero-order valence-corrected chi connectivity index (χ0v) is 25.3. The second kappa shape index (κ2) is 11.3. The highest BCUT2D eigenvalue weighted by molar-refractivity contribution is 6.15. The van der Waals surface area contributed by atoms with Crippen LogP contribution in [0, 0.1) is 0 Å². The molecule has 0 bridgehead atoms. The van der Waals surface area contributed by atoms with Crippen LogP contribution in [0.15, 0.2) is 70.6 Å². The number of guanidine groups is 2. The van der Waals surface area contributed by atoms with Gasteiger partial charge in [0.05, 0.1) is 17.4 Å². The maximum Gasteiger partial charge on any atom is 0.223 e. The minimum atomic E-state index is 0.213. The maximum absolute atomic E-state index is 7.08. The summed E-state index contributed by atoms with van der Waals surface area (Å²) < 4.78 is 0. The summed E-state index contributed by atoms with van der Waals surface area (Å²) in [5, 5.41) is 6.40. The van der Waals surface area contributed by atoms with Gasteiger partial charge in [0, 0.05) is 16.8 Å². The van der Waals surface area contributed by atoms with Gasteiger partial charge in [-0.1, -0.05) is 111 Å². The molecule has 6 nitrogen and oxygen atoms in total. The molecule has 0 radical (unpaired) electrons. The first-order valence-corrected chi connectivity index (χ1v) is 16.4. The standard InChI is InChI=1S/C38H40N6/c39-37(42-33-23-21-27-19-17-25-9-7-15-31(33)35(25)27)44(40)38(41-29-11-3-1-4-12-29)43(30-13-5-2-6-14-30)34-24-22-28-20-18-26-10-8-16-32(34)36(26)28/h7-10,15-24,29-30H,1-6,11-14,40H2,(H2,39,42). The topological polar surface area (TPSA) is 83.2 Å². The zero-order chi connectivity index (χ0) is 29.6. The lowest BCUT2D eigenvalue weighted by Gasteiger charge is -2.40. The molecule has 8 rings (SSSR count). The van der Waals surface area contributed by atoms with E-state index in [-0.39, 0.29) is 18.0 Å². The molecule has 0 saturated heterocycles. The van der Waals surface area contributed by atoms with Gasteiger partial charge in [-0.25, -0.2) is 20.8 Å². The predicted molar refractivity (Wildman–Crippen MR) is 187 cm³/mol. The summed E-state index contributed by atoms with van der Waals surface area (Å²) in [5.74, 6) is 8.05. The van der Waals surface area contributed by atoms with Gasteiger partial charge in [-0.3, -0.25) is 0 Å². The van der Waals surface area contributed by atoms with Gasteiger partial charge >= 0.3 is 0 Å². The molecular formula is C38H40N6. The number of aliphatic imine (C=N–C) groups is 2. The molecule has 44 heavy (non-hydrogen) atoms. The highest BCUT2D eigenvalue weighted by Gasteiger charge is 2.32. The average molecular weight is 581 g/mol. The minimum absolute atomic E-state index is 0.213. The van der Waals surface area contributed by atoms with Crippen molar-refractivity contribution in [3.63, 3.8) is 0 Å². The summed E-state index contributed by atoms with van der Waals surface area (Å²) in [7, 11) is 0. The van der Waals surface area contributed by atoms with Gasteiger partial charge < -0.3 is 10.6 Å². The molecule has 4 aromatic carbocycles. The van der Waals surface area contributed by atoms with Crippen molar-refractivity contribution < 1.29 is 0 Å². The fraction of sp³-hybridized carbons (Fsp3) is 0.316. The average Bonchev–Trinajstić information content (AvgIpc) is 3.70. The molecule has 0 aliphatic heterocycles. The first-order chi connectivity index (χ1) is 21.7. The Labute approximate surface area is 259 Å². The molecule has 0 aromatic heterocycles. The van der Waals surface area contributed by atoms with Crippen LogP contribution < -0.4 is 16.5 Å². The van der Waals surface area contributed by atoms with Gasteiger partial charge in [-0.15, -0.1) is 0 Å². The number of rotatable bonds is 4. The normalized spacial score (nSPS) is 18.6. The maximum atomic E-state index is 7.08. The van der Waals surface area contributed by atoms with E-state index in [1.165, 1.54) is 76.9 Å². The van der Waals surface area contributed by atoms with E-state index >= 15 is 0 Å². The molecule has 6 heteroatoms. The monoisotopic (exact) mass is 580 g/mol. The number of hydrogen-bond acceptors (Lipinski definition) is 3. The van der Waals surface area contributed by atoms with Crippen LogP contribution in [-0.4, -0.2) is 29.0 Å². The van der Waals surface area contributed by atoms with Crippen LogP contribution in [0.25, 0.3) is 45.8 Å². The van der Waals surface area contributed by atoms with Crippen LogP contribution in [0.1, 0.15) is 86.5 Å². The minimum Gasteiger partial charge on any atom is -0.368 e. The van der Waals surface area contributed by atoms with E-state index in [0.29, 0.717) is 5.96 Å². The number of anilines is 1. The third kappa shape index (κ3) is 4.69. The molecule has 0 atom stereocenters. The van der Waals surface area contributed by atoms with Crippen molar-refractivity contribution in [2.45, 2.75) is 76.3 Å². The fourth-order valence-electron chi connectivity index (χ4n) is 7.82. The number of hydrazine groups is 1. The molecular weight excluding hydrogens is 540 g/mol. The van der Waals surface area contributed by atoms with Gasteiger partial charge in [0.2, 0.25) is 11.9 Å². The molecule has 0 spiro atoms. The van der Waals surface area contributed by atoms with Crippen LogP contribution in [0.5, 0.6) is 0 Å². The molecule has 0 amide bonds. The third-order valence-corrected chi connectivity index (χ3v) is 10.0. The van der Waals surface area contributed by atoms with E-state index in [9.17, 15) is 0 Å². The molecule has 4 aliphatic rings. The lowest BCUT2D eigenvalue weighted by Crippen LogP contribution is -2.57. The molecule has 4 aliphatic carbocycles. The van der Waals surface area contributed by atoms with Gasteiger partial charge in [0.25, 0.3) is 0 Å². The lowest BCUT2D eigenvalue weighted by atomic mass is 9.92. The third-order valence-electron chi connectivity index (χ3n) is 10.0. The van der Waals surface area contributed by atoms with Crippen LogP contribution in [0.2, 0.25) is 0 Å². The zero-order valence-electron chi connectivity index (χ0n) is 25.3. The predicted octanol–water partition coefficient (Wildman–Crippen LogP) is 8.61. The first-order valence-electron chi connectivity index (χ1n) is 16.4. The Morgan fingerprint density at radius 1 is 0.636 bits per heavy atom. The summed E-state index contributed by atoms with van der Waals surface area (Å²) in [6.07, 6.45) is 20.4. The van der Waals surface area contributed by atoms with Crippen molar-refractivity contribution >= 4 is 69.1 Å². The van der Waals surface area contributed by atoms with E-state index in [1.807, 2.05) is 6.07 Å². The highest BCUT2D eigenvalue weighted by atomic mass is 15.6. The molecule has 222 valence electrons. The summed E-state index contributed by atoms with van der Waals surface area (Å²) in [5.41, 5.74) is 13.8. The molecule has 0 unspecified atom stereocenters. The molecule has 2 saturated carbocycles. The van der Waals surface area contributed by atoms with Crippen molar-refractivity contribution in [1.29, 1.82) is 0 Å².